The zero-order chi connectivity index (χ0) is 15.6. The molecule has 0 spiro atoms. The van der Waals surface area contributed by atoms with Crippen molar-refractivity contribution in [3.05, 3.63) is 67.4 Å². The molecule has 0 radical (unpaired) electrons. The van der Waals surface area contributed by atoms with Crippen molar-refractivity contribution >= 4 is 44.8 Å². The SMILES string of the molecule is O=C(Nc1ccc(F)cc1[N+](=O)[O-])c1ccc(Cl)cc1Br. The number of rotatable bonds is 3. The van der Waals surface area contributed by atoms with Crippen molar-refractivity contribution in [2.75, 3.05) is 5.32 Å². The molecular formula is C13H7BrClFN2O3. The minimum Gasteiger partial charge on any atom is -0.316 e. The third kappa shape index (κ3) is 3.56. The minimum atomic E-state index is -0.768. The van der Waals surface area contributed by atoms with Crippen molar-refractivity contribution in [2.24, 2.45) is 0 Å². The van der Waals surface area contributed by atoms with Crippen LogP contribution in [0.2, 0.25) is 5.02 Å². The highest BCUT2D eigenvalue weighted by molar-refractivity contribution is 9.10. The first-order valence-electron chi connectivity index (χ1n) is 5.59. The second-order valence-electron chi connectivity index (χ2n) is 4.00. The molecule has 8 heteroatoms. The van der Waals surface area contributed by atoms with Crippen LogP contribution in [0, 0.1) is 15.9 Å². The average molecular weight is 374 g/mol. The van der Waals surface area contributed by atoms with Crippen LogP contribution in [-0.2, 0) is 0 Å². The van der Waals surface area contributed by atoms with Gasteiger partial charge in [-0.15, -0.1) is 0 Å². The van der Waals surface area contributed by atoms with Gasteiger partial charge in [0, 0.05) is 9.50 Å². The smallest absolute Gasteiger partial charge is 0.295 e. The van der Waals surface area contributed by atoms with E-state index in [1.54, 1.807) is 0 Å². The molecule has 0 fully saturated rings. The third-order valence-corrected chi connectivity index (χ3v) is 3.47. The van der Waals surface area contributed by atoms with Crippen LogP contribution in [0.15, 0.2) is 40.9 Å². The molecule has 0 aliphatic carbocycles. The molecule has 21 heavy (non-hydrogen) atoms. The maximum atomic E-state index is 13.0. The first-order valence-corrected chi connectivity index (χ1v) is 6.76. The van der Waals surface area contributed by atoms with Gasteiger partial charge in [-0.2, -0.15) is 0 Å². The van der Waals surface area contributed by atoms with Crippen molar-refractivity contribution in [1.82, 2.24) is 0 Å². The second-order valence-corrected chi connectivity index (χ2v) is 5.29. The molecule has 0 unspecified atom stereocenters. The van der Waals surface area contributed by atoms with Gasteiger partial charge >= 0.3 is 0 Å². The van der Waals surface area contributed by atoms with Gasteiger partial charge in [0.15, 0.2) is 0 Å². The Labute approximate surface area is 132 Å². The Morgan fingerprint density at radius 3 is 2.62 bits per heavy atom. The number of nitrogens with zero attached hydrogens (tertiary/aromatic N) is 1. The Kier molecular flexibility index (Phi) is 4.54. The number of nitro groups is 1. The molecule has 0 saturated heterocycles. The fraction of sp³-hybridized carbons (Fsp3) is 0. The molecule has 2 aromatic carbocycles. The van der Waals surface area contributed by atoms with E-state index in [4.69, 9.17) is 11.6 Å². The number of hydrogen-bond donors (Lipinski definition) is 1. The van der Waals surface area contributed by atoms with Gasteiger partial charge in [0.25, 0.3) is 11.6 Å². The number of anilines is 1. The van der Waals surface area contributed by atoms with Gasteiger partial charge in [0.2, 0.25) is 0 Å². The molecule has 0 atom stereocenters. The van der Waals surface area contributed by atoms with Crippen LogP contribution >= 0.6 is 27.5 Å². The van der Waals surface area contributed by atoms with E-state index >= 15 is 0 Å². The molecule has 108 valence electrons. The number of nitrogens with one attached hydrogen (secondary N) is 1. The van der Waals surface area contributed by atoms with Crippen molar-refractivity contribution in [3.8, 4) is 0 Å². The molecule has 0 aliphatic rings. The molecule has 1 N–H and O–H groups in total. The molecule has 0 saturated carbocycles. The highest BCUT2D eigenvalue weighted by Crippen LogP contribution is 2.27. The lowest BCUT2D eigenvalue weighted by Gasteiger charge is -2.08. The molecule has 0 heterocycles. The predicted molar refractivity (Wildman–Crippen MR) is 80.2 cm³/mol. The first-order chi connectivity index (χ1) is 9.88. The van der Waals surface area contributed by atoms with Crippen LogP contribution in [-0.4, -0.2) is 10.8 Å². The van der Waals surface area contributed by atoms with Crippen molar-refractivity contribution < 1.29 is 14.1 Å². The summed E-state index contributed by atoms with van der Waals surface area (Å²) in [5.74, 6) is -1.33. The van der Waals surface area contributed by atoms with E-state index in [1.165, 1.54) is 18.2 Å². The zero-order valence-electron chi connectivity index (χ0n) is 10.3. The Bertz CT molecular complexity index is 739. The number of benzene rings is 2. The predicted octanol–water partition coefficient (Wildman–Crippen LogP) is 4.40. The molecule has 2 rings (SSSR count). The van der Waals surface area contributed by atoms with Gasteiger partial charge < -0.3 is 5.32 Å². The van der Waals surface area contributed by atoms with E-state index in [0.717, 1.165) is 18.2 Å². The van der Waals surface area contributed by atoms with E-state index in [2.05, 4.69) is 21.2 Å². The number of nitro benzene ring substituents is 1. The van der Waals surface area contributed by atoms with E-state index in [9.17, 15) is 19.3 Å². The van der Waals surface area contributed by atoms with Gasteiger partial charge in [0.1, 0.15) is 11.5 Å². The van der Waals surface area contributed by atoms with Crippen LogP contribution < -0.4 is 5.32 Å². The molecule has 0 bridgehead atoms. The normalized spacial score (nSPS) is 10.2. The largest absolute Gasteiger partial charge is 0.316 e. The van der Waals surface area contributed by atoms with Gasteiger partial charge in [-0.05, 0) is 46.3 Å². The third-order valence-electron chi connectivity index (χ3n) is 2.58. The fourth-order valence-corrected chi connectivity index (χ4v) is 2.49. The summed E-state index contributed by atoms with van der Waals surface area (Å²) in [7, 11) is 0. The van der Waals surface area contributed by atoms with Crippen LogP contribution in [0.1, 0.15) is 10.4 Å². The van der Waals surface area contributed by atoms with Crippen molar-refractivity contribution in [2.45, 2.75) is 0 Å². The summed E-state index contributed by atoms with van der Waals surface area (Å²) in [5.41, 5.74) is -0.361. The molecular weight excluding hydrogens is 367 g/mol. The number of amides is 1. The van der Waals surface area contributed by atoms with E-state index in [-0.39, 0.29) is 11.3 Å². The van der Waals surface area contributed by atoms with Gasteiger partial charge in [-0.3, -0.25) is 14.9 Å². The number of halogens is 3. The summed E-state index contributed by atoms with van der Waals surface area (Å²) in [6.07, 6.45) is 0. The minimum absolute atomic E-state index is 0.0896. The highest BCUT2D eigenvalue weighted by atomic mass is 79.9. The Hall–Kier alpha value is -1.99. The lowest BCUT2D eigenvalue weighted by atomic mass is 10.2. The summed E-state index contributed by atoms with van der Waals surface area (Å²) >= 11 is 8.95. The monoisotopic (exact) mass is 372 g/mol. The van der Waals surface area contributed by atoms with Crippen LogP contribution in [0.5, 0.6) is 0 Å². The summed E-state index contributed by atoms with van der Waals surface area (Å²) in [6.45, 7) is 0. The summed E-state index contributed by atoms with van der Waals surface area (Å²) in [6, 6.07) is 7.41. The topological polar surface area (TPSA) is 72.2 Å². The van der Waals surface area contributed by atoms with Gasteiger partial charge in [-0.1, -0.05) is 11.6 Å². The van der Waals surface area contributed by atoms with Crippen molar-refractivity contribution in [3.63, 3.8) is 0 Å². The number of carbonyl (C=O) groups is 1. The fourth-order valence-electron chi connectivity index (χ4n) is 1.62. The van der Waals surface area contributed by atoms with E-state index in [0.29, 0.717) is 9.50 Å². The summed E-state index contributed by atoms with van der Waals surface area (Å²) in [5, 5.41) is 13.7. The molecule has 1 amide bonds. The summed E-state index contributed by atoms with van der Waals surface area (Å²) in [4.78, 5) is 22.2. The van der Waals surface area contributed by atoms with Gasteiger partial charge in [0.05, 0.1) is 16.6 Å². The average Bonchev–Trinajstić information content (AvgIpc) is 2.40. The Morgan fingerprint density at radius 2 is 2.00 bits per heavy atom. The standard InChI is InChI=1S/C13H7BrClFN2O3/c14-10-5-7(15)1-3-9(10)13(19)17-11-4-2-8(16)6-12(11)18(20)21/h1-6H,(H,17,19). The number of carbonyl (C=O) groups excluding carboxylic acids is 1. The Morgan fingerprint density at radius 1 is 1.29 bits per heavy atom. The molecule has 2 aromatic rings. The summed E-state index contributed by atoms with van der Waals surface area (Å²) < 4.78 is 13.5. The molecule has 5 nitrogen and oxygen atoms in total. The highest BCUT2D eigenvalue weighted by Gasteiger charge is 2.18. The lowest BCUT2D eigenvalue weighted by molar-refractivity contribution is -0.384. The quantitative estimate of drug-likeness (QED) is 0.640. The maximum Gasteiger partial charge on any atom is 0.295 e. The van der Waals surface area contributed by atoms with E-state index < -0.39 is 22.3 Å². The Balaban J connectivity index is 2.34. The van der Waals surface area contributed by atoms with Crippen LogP contribution in [0.25, 0.3) is 0 Å². The van der Waals surface area contributed by atoms with Gasteiger partial charge in [-0.25, -0.2) is 4.39 Å². The van der Waals surface area contributed by atoms with Crippen molar-refractivity contribution in [1.29, 1.82) is 0 Å². The zero-order valence-corrected chi connectivity index (χ0v) is 12.6. The lowest BCUT2D eigenvalue weighted by Crippen LogP contribution is -2.13. The maximum absolute atomic E-state index is 13.0. The number of hydrogen-bond acceptors (Lipinski definition) is 3. The second kappa shape index (κ2) is 6.19. The van der Waals surface area contributed by atoms with Crippen LogP contribution in [0.4, 0.5) is 15.8 Å². The molecule has 0 aromatic heterocycles. The molecule has 0 aliphatic heterocycles. The van der Waals surface area contributed by atoms with E-state index in [1.807, 2.05) is 0 Å². The first kappa shape index (κ1) is 15.4. The van der Waals surface area contributed by atoms with Crippen LogP contribution in [0.3, 0.4) is 0 Å².